The van der Waals surface area contributed by atoms with E-state index in [0.717, 1.165) is 11.1 Å². The summed E-state index contributed by atoms with van der Waals surface area (Å²) in [4.78, 5) is 21.8. The lowest BCUT2D eigenvalue weighted by atomic mass is 9.94. The molecule has 1 aliphatic rings. The third kappa shape index (κ3) is 4.38. The highest BCUT2D eigenvalue weighted by atomic mass is 19.1. The van der Waals surface area contributed by atoms with Gasteiger partial charge in [-0.3, -0.25) is 9.69 Å². The number of fused-ring (bicyclic) bond motifs is 1. The fraction of sp³-hybridized carbons (Fsp3) is 0.241. The van der Waals surface area contributed by atoms with Crippen LogP contribution in [0, 0.1) is 34.3 Å². The third-order valence-electron chi connectivity index (χ3n) is 7.14. The minimum absolute atomic E-state index is 0.0168. The first-order valence-electron chi connectivity index (χ1n) is 12.2. The molecule has 0 saturated carbocycles. The van der Waals surface area contributed by atoms with E-state index < -0.39 is 5.56 Å². The van der Waals surface area contributed by atoms with Gasteiger partial charge >= 0.3 is 0 Å². The van der Waals surface area contributed by atoms with Crippen LogP contribution in [0.1, 0.15) is 35.3 Å². The lowest BCUT2D eigenvalue weighted by molar-refractivity contribution is 0.150. The van der Waals surface area contributed by atoms with Gasteiger partial charge in [-0.1, -0.05) is 24.3 Å². The molecule has 0 aliphatic carbocycles. The van der Waals surface area contributed by atoms with Gasteiger partial charge in [-0.05, 0) is 54.4 Å². The summed E-state index contributed by atoms with van der Waals surface area (Å²) in [6.45, 7) is 3.52. The van der Waals surface area contributed by atoms with E-state index in [2.05, 4.69) is 16.0 Å². The van der Waals surface area contributed by atoms with E-state index in [0.29, 0.717) is 36.4 Å². The fourth-order valence-electron chi connectivity index (χ4n) is 5.29. The largest absolute Gasteiger partial charge is 0.366 e. The van der Waals surface area contributed by atoms with E-state index in [9.17, 15) is 24.1 Å². The van der Waals surface area contributed by atoms with Gasteiger partial charge in [-0.2, -0.15) is 10.5 Å². The molecular formula is C29H24F2N6O. The molecule has 5 rings (SSSR count). The lowest BCUT2D eigenvalue weighted by Crippen LogP contribution is -2.53. The van der Waals surface area contributed by atoms with Gasteiger partial charge in [0.1, 0.15) is 40.5 Å². The Morgan fingerprint density at radius 3 is 2.05 bits per heavy atom. The number of aromatic nitrogens is 2. The monoisotopic (exact) mass is 510 g/mol. The van der Waals surface area contributed by atoms with Crippen LogP contribution < -0.4 is 10.5 Å². The summed E-state index contributed by atoms with van der Waals surface area (Å²) in [5.74, 6) is -0.675. The molecule has 1 saturated heterocycles. The average molecular weight is 511 g/mol. The van der Waals surface area contributed by atoms with Crippen molar-refractivity contribution in [1.82, 2.24) is 14.5 Å². The van der Waals surface area contributed by atoms with Crippen molar-refractivity contribution in [1.29, 1.82) is 10.5 Å². The summed E-state index contributed by atoms with van der Waals surface area (Å²) < 4.78 is 28.8. The van der Waals surface area contributed by atoms with Gasteiger partial charge in [0.05, 0.1) is 17.2 Å². The minimum Gasteiger partial charge on any atom is -0.366 e. The van der Waals surface area contributed by atoms with E-state index in [1.54, 1.807) is 43.4 Å². The molecule has 0 N–H and O–H groups in total. The van der Waals surface area contributed by atoms with E-state index in [1.165, 1.54) is 28.8 Å². The van der Waals surface area contributed by atoms with Gasteiger partial charge in [0.2, 0.25) is 0 Å². The minimum atomic E-state index is -0.424. The van der Waals surface area contributed by atoms with Crippen LogP contribution in [0.4, 0.5) is 14.5 Å². The number of halogens is 2. The number of pyridine rings is 2. The SMILES string of the molecule is C[C@H]1CN(c2c(C#N)c(=O)n(C)c3ccc(C#N)nc23)CCN1C(c1ccc(F)cc1)c1ccc(F)cc1. The molecule has 1 fully saturated rings. The smallest absolute Gasteiger partial charge is 0.270 e. The molecular weight excluding hydrogens is 486 g/mol. The van der Waals surface area contributed by atoms with Crippen LogP contribution in [0.3, 0.4) is 0 Å². The Kier molecular flexibility index (Phi) is 6.62. The van der Waals surface area contributed by atoms with Crippen molar-refractivity contribution in [2.24, 2.45) is 7.05 Å². The molecule has 3 heterocycles. The molecule has 2 aromatic carbocycles. The molecule has 38 heavy (non-hydrogen) atoms. The molecule has 2 aromatic heterocycles. The second kappa shape index (κ2) is 10.0. The highest BCUT2D eigenvalue weighted by molar-refractivity contribution is 5.92. The van der Waals surface area contributed by atoms with Crippen molar-refractivity contribution in [2.75, 3.05) is 24.5 Å². The van der Waals surface area contributed by atoms with Gasteiger partial charge in [0, 0.05) is 32.7 Å². The molecule has 0 amide bonds. The Hall–Kier alpha value is -4.60. The topological polar surface area (TPSA) is 88.9 Å². The van der Waals surface area contributed by atoms with Gasteiger partial charge in [-0.25, -0.2) is 13.8 Å². The standard InChI is InChI=1S/C29H24F2N6O/c1-18-17-36(28-24(16-33)29(38)35(2)25-12-11-23(15-32)34-26(25)28)13-14-37(18)27(19-3-7-21(30)8-4-19)20-5-9-22(31)10-6-20/h3-12,18,27H,13-14,17H2,1-2H3/t18-/m0/s1. The molecule has 7 nitrogen and oxygen atoms in total. The summed E-state index contributed by atoms with van der Waals surface area (Å²) in [7, 11) is 1.58. The van der Waals surface area contributed by atoms with Crippen LogP contribution in [0.5, 0.6) is 0 Å². The zero-order valence-electron chi connectivity index (χ0n) is 20.9. The Labute approximate surface area is 218 Å². The molecule has 190 valence electrons. The van der Waals surface area contributed by atoms with Gasteiger partial charge in [0.25, 0.3) is 5.56 Å². The zero-order chi connectivity index (χ0) is 27.0. The Morgan fingerprint density at radius 2 is 1.53 bits per heavy atom. The van der Waals surface area contributed by atoms with Crippen molar-refractivity contribution in [3.8, 4) is 12.1 Å². The summed E-state index contributed by atoms with van der Waals surface area (Å²) in [5, 5.41) is 19.4. The number of anilines is 1. The quantitative estimate of drug-likeness (QED) is 0.408. The van der Waals surface area contributed by atoms with Crippen LogP contribution in [0.2, 0.25) is 0 Å². The van der Waals surface area contributed by atoms with E-state index >= 15 is 0 Å². The highest BCUT2D eigenvalue weighted by Gasteiger charge is 2.34. The van der Waals surface area contributed by atoms with Crippen molar-refractivity contribution in [3.05, 3.63) is 105 Å². The summed E-state index contributed by atoms with van der Waals surface area (Å²) in [5.41, 5.74) is 2.88. The number of hydrogen-bond donors (Lipinski definition) is 0. The van der Waals surface area contributed by atoms with Crippen molar-refractivity contribution in [3.63, 3.8) is 0 Å². The van der Waals surface area contributed by atoms with E-state index in [1.807, 2.05) is 17.9 Å². The van der Waals surface area contributed by atoms with Crippen LogP contribution in [-0.2, 0) is 7.05 Å². The Balaban J connectivity index is 1.56. The maximum absolute atomic E-state index is 13.7. The summed E-state index contributed by atoms with van der Waals surface area (Å²) in [6, 6.07) is 19.6. The molecule has 0 spiro atoms. The van der Waals surface area contributed by atoms with Crippen LogP contribution in [0.15, 0.2) is 65.5 Å². The maximum atomic E-state index is 13.7. The summed E-state index contributed by atoms with van der Waals surface area (Å²) in [6.07, 6.45) is 0. The molecule has 9 heteroatoms. The van der Waals surface area contributed by atoms with Crippen molar-refractivity contribution in [2.45, 2.75) is 19.0 Å². The second-order valence-electron chi connectivity index (χ2n) is 9.41. The number of hydrogen-bond acceptors (Lipinski definition) is 6. The van der Waals surface area contributed by atoms with E-state index in [-0.39, 0.29) is 35.0 Å². The number of nitriles is 2. The molecule has 1 aliphatic heterocycles. The summed E-state index contributed by atoms with van der Waals surface area (Å²) >= 11 is 0. The Bertz CT molecular complexity index is 1610. The molecule has 4 aromatic rings. The number of benzene rings is 2. The zero-order valence-corrected chi connectivity index (χ0v) is 20.9. The predicted octanol–water partition coefficient (Wildman–Crippen LogP) is 4.26. The second-order valence-corrected chi connectivity index (χ2v) is 9.41. The van der Waals surface area contributed by atoms with Crippen LogP contribution >= 0.6 is 0 Å². The molecule has 0 unspecified atom stereocenters. The van der Waals surface area contributed by atoms with Crippen molar-refractivity contribution < 1.29 is 8.78 Å². The highest BCUT2D eigenvalue weighted by Crippen LogP contribution is 2.35. The first-order valence-corrected chi connectivity index (χ1v) is 12.2. The molecule has 1 atom stereocenters. The predicted molar refractivity (Wildman–Crippen MR) is 139 cm³/mol. The number of nitrogens with zero attached hydrogens (tertiary/aromatic N) is 6. The average Bonchev–Trinajstić information content (AvgIpc) is 2.93. The first-order chi connectivity index (χ1) is 18.3. The molecule has 0 bridgehead atoms. The van der Waals surface area contributed by atoms with Gasteiger partial charge < -0.3 is 9.47 Å². The van der Waals surface area contributed by atoms with Gasteiger partial charge in [0.15, 0.2) is 0 Å². The number of rotatable bonds is 4. The molecule has 0 radical (unpaired) electrons. The Morgan fingerprint density at radius 1 is 0.921 bits per heavy atom. The number of piperazine rings is 1. The van der Waals surface area contributed by atoms with Crippen LogP contribution in [-0.4, -0.2) is 40.1 Å². The lowest BCUT2D eigenvalue weighted by Gasteiger charge is -2.45. The van der Waals surface area contributed by atoms with Gasteiger partial charge in [-0.15, -0.1) is 0 Å². The first kappa shape index (κ1) is 25.1. The third-order valence-corrected chi connectivity index (χ3v) is 7.14. The normalized spacial score (nSPS) is 16.0. The van der Waals surface area contributed by atoms with Crippen LogP contribution in [0.25, 0.3) is 11.0 Å². The van der Waals surface area contributed by atoms with Crippen molar-refractivity contribution >= 4 is 16.7 Å². The van der Waals surface area contributed by atoms with E-state index in [4.69, 9.17) is 0 Å². The maximum Gasteiger partial charge on any atom is 0.270 e. The fourth-order valence-corrected chi connectivity index (χ4v) is 5.29. The number of aryl methyl sites for hydroxylation is 1.